The van der Waals surface area contributed by atoms with Gasteiger partial charge < -0.3 is 0 Å². The molecule has 0 aromatic rings. The largest absolute Gasteiger partial charge is 0.445 e. The molecule has 1 heterocycles. The molecule has 18 heavy (non-hydrogen) atoms. The first-order valence-corrected chi connectivity index (χ1v) is 8.76. The van der Waals surface area contributed by atoms with Gasteiger partial charge in [0, 0.05) is 30.5 Å². The number of alkyl halides is 3. The molecule has 1 rings (SSSR count). The minimum atomic E-state index is -1.61. The minimum absolute atomic E-state index is 0.239. The molecule has 104 valence electrons. The molecular formula is C8H11Cl3N2O2S3. The highest BCUT2D eigenvalue weighted by atomic mass is 35.6. The molecule has 0 spiro atoms. The molecule has 1 aliphatic rings. The highest BCUT2D eigenvalue weighted by Gasteiger charge is 2.27. The van der Waals surface area contributed by atoms with Crippen molar-refractivity contribution >= 4 is 81.4 Å². The average Bonchev–Trinajstić information content (AvgIpc) is 2.25. The number of thioether (sulfide) groups is 2. The summed E-state index contributed by atoms with van der Waals surface area (Å²) >= 11 is 20.7. The number of halogens is 3. The summed E-state index contributed by atoms with van der Waals surface area (Å²) in [7, 11) is 1.45. The lowest BCUT2D eigenvalue weighted by Gasteiger charge is -2.20. The zero-order chi connectivity index (χ0) is 13.8. The van der Waals surface area contributed by atoms with Crippen LogP contribution in [0.1, 0.15) is 6.92 Å². The number of nitrogens with zero attached hydrogens (tertiary/aromatic N) is 2. The van der Waals surface area contributed by atoms with E-state index in [0.717, 1.165) is 32.8 Å². The normalized spacial score (nSPS) is 22.9. The molecule has 4 nitrogen and oxygen atoms in total. The van der Waals surface area contributed by atoms with Crippen molar-refractivity contribution in [3.05, 3.63) is 0 Å². The lowest BCUT2D eigenvalue weighted by molar-refractivity contribution is 0.137. The van der Waals surface area contributed by atoms with Crippen molar-refractivity contribution in [3.63, 3.8) is 0 Å². The van der Waals surface area contributed by atoms with E-state index in [-0.39, 0.29) is 5.25 Å². The van der Waals surface area contributed by atoms with Gasteiger partial charge in [0.05, 0.1) is 5.25 Å². The minimum Gasteiger partial charge on any atom is -0.296 e. The summed E-state index contributed by atoms with van der Waals surface area (Å²) in [4.78, 5) is 16.4. The standard InChI is InChI=1S/C8H11Cl3N2O2S3/c1-5-6(17-4-3-16-5)12-15-7(14)13(2)18-8(9,10)11/h5H,3-4H2,1-2H3. The number of carbonyl (C=O) groups is 1. The van der Waals surface area contributed by atoms with Crippen molar-refractivity contribution in [1.29, 1.82) is 0 Å². The quantitative estimate of drug-likeness (QED) is 0.315. The summed E-state index contributed by atoms with van der Waals surface area (Å²) in [5.41, 5.74) is 0. The maximum Gasteiger partial charge on any atom is 0.445 e. The molecule has 1 amide bonds. The first-order valence-electron chi connectivity index (χ1n) is 4.82. The third kappa shape index (κ3) is 6.34. The van der Waals surface area contributed by atoms with Crippen LogP contribution < -0.4 is 0 Å². The van der Waals surface area contributed by atoms with Crippen LogP contribution in [-0.2, 0) is 4.84 Å². The van der Waals surface area contributed by atoms with E-state index in [4.69, 9.17) is 39.6 Å². The van der Waals surface area contributed by atoms with Gasteiger partial charge in [-0.25, -0.2) is 9.10 Å². The highest BCUT2D eigenvalue weighted by Crippen LogP contribution is 2.40. The van der Waals surface area contributed by atoms with E-state index in [1.165, 1.54) is 7.05 Å². The van der Waals surface area contributed by atoms with Gasteiger partial charge in [0.15, 0.2) is 0 Å². The smallest absolute Gasteiger partial charge is 0.296 e. The molecule has 0 aromatic carbocycles. The summed E-state index contributed by atoms with van der Waals surface area (Å²) in [5.74, 6) is 2.03. The third-order valence-electron chi connectivity index (χ3n) is 1.76. The Morgan fingerprint density at radius 3 is 2.78 bits per heavy atom. The van der Waals surface area contributed by atoms with Crippen LogP contribution in [0.2, 0.25) is 0 Å². The second kappa shape index (κ2) is 7.59. The molecule has 0 radical (unpaired) electrons. The van der Waals surface area contributed by atoms with E-state index < -0.39 is 9.22 Å². The van der Waals surface area contributed by atoms with Crippen molar-refractivity contribution in [1.82, 2.24) is 4.31 Å². The summed E-state index contributed by atoms with van der Waals surface area (Å²) in [6.45, 7) is 2.02. The van der Waals surface area contributed by atoms with E-state index in [1.54, 1.807) is 23.5 Å². The van der Waals surface area contributed by atoms with Gasteiger partial charge in [-0.1, -0.05) is 40.0 Å². The number of carbonyl (C=O) groups excluding carboxylic acids is 1. The van der Waals surface area contributed by atoms with Crippen molar-refractivity contribution in [3.8, 4) is 0 Å². The van der Waals surface area contributed by atoms with Gasteiger partial charge in [0.25, 0.3) is 3.12 Å². The average molecular weight is 370 g/mol. The molecule has 1 aliphatic heterocycles. The number of oxime groups is 1. The predicted molar refractivity (Wildman–Crippen MR) is 83.9 cm³/mol. The SMILES string of the molecule is CC1SCCSC1=NOC(=O)N(C)SC(Cl)(Cl)Cl. The van der Waals surface area contributed by atoms with Crippen LogP contribution in [0.25, 0.3) is 0 Å². The first-order chi connectivity index (χ1) is 8.29. The van der Waals surface area contributed by atoms with Crippen molar-refractivity contribution in [2.75, 3.05) is 18.6 Å². The van der Waals surface area contributed by atoms with E-state index in [0.29, 0.717) is 0 Å². The maximum atomic E-state index is 11.6. The third-order valence-corrected chi connectivity index (χ3v) is 5.71. The molecule has 0 aliphatic carbocycles. The summed E-state index contributed by atoms with van der Waals surface area (Å²) < 4.78 is -0.522. The molecule has 0 N–H and O–H groups in total. The fraction of sp³-hybridized carbons (Fsp3) is 0.750. The van der Waals surface area contributed by atoms with Gasteiger partial charge >= 0.3 is 6.09 Å². The van der Waals surface area contributed by atoms with Crippen LogP contribution in [0.15, 0.2) is 5.16 Å². The van der Waals surface area contributed by atoms with Gasteiger partial charge in [-0.3, -0.25) is 4.84 Å². The molecule has 1 atom stereocenters. The Hall–Kier alpha value is 0.860. The lowest BCUT2D eigenvalue weighted by atomic mass is 10.5. The Morgan fingerprint density at radius 1 is 1.56 bits per heavy atom. The molecule has 10 heteroatoms. The number of amides is 1. The molecule has 1 saturated heterocycles. The number of rotatable bonds is 2. The fourth-order valence-corrected chi connectivity index (χ4v) is 4.54. The Balaban J connectivity index is 2.47. The summed E-state index contributed by atoms with van der Waals surface area (Å²) in [6, 6.07) is 0. The van der Waals surface area contributed by atoms with Crippen LogP contribution in [-0.4, -0.2) is 42.4 Å². The summed E-state index contributed by atoms with van der Waals surface area (Å²) in [5, 5.41) is 4.88. The van der Waals surface area contributed by atoms with Gasteiger partial charge in [0.1, 0.15) is 5.04 Å². The molecule has 1 fully saturated rings. The fourth-order valence-electron chi connectivity index (χ4n) is 0.994. The van der Waals surface area contributed by atoms with Crippen LogP contribution in [0.3, 0.4) is 0 Å². The summed E-state index contributed by atoms with van der Waals surface area (Å²) in [6.07, 6.45) is -0.679. The molecule has 0 bridgehead atoms. The molecule has 1 unspecified atom stereocenters. The second-order valence-electron chi connectivity index (χ2n) is 3.18. The van der Waals surface area contributed by atoms with Crippen molar-refractivity contribution < 1.29 is 9.63 Å². The first kappa shape index (κ1) is 16.9. The van der Waals surface area contributed by atoms with Gasteiger partial charge in [-0.05, 0) is 6.92 Å². The Labute approximate surface area is 134 Å². The lowest BCUT2D eigenvalue weighted by Crippen LogP contribution is -2.24. The highest BCUT2D eigenvalue weighted by molar-refractivity contribution is 8.18. The molecular weight excluding hydrogens is 359 g/mol. The van der Waals surface area contributed by atoms with Gasteiger partial charge in [-0.2, -0.15) is 11.8 Å². The number of hydrogen-bond donors (Lipinski definition) is 0. The monoisotopic (exact) mass is 368 g/mol. The van der Waals surface area contributed by atoms with Crippen LogP contribution >= 0.6 is 70.3 Å². The van der Waals surface area contributed by atoms with Crippen LogP contribution in [0.5, 0.6) is 0 Å². The number of hydrogen-bond acceptors (Lipinski definition) is 6. The Bertz CT molecular complexity index is 338. The van der Waals surface area contributed by atoms with E-state index in [1.807, 2.05) is 6.92 Å². The van der Waals surface area contributed by atoms with E-state index in [9.17, 15) is 4.79 Å². The Morgan fingerprint density at radius 2 is 2.22 bits per heavy atom. The Kier molecular flexibility index (Phi) is 7.13. The second-order valence-corrected chi connectivity index (χ2v) is 10.0. The van der Waals surface area contributed by atoms with Gasteiger partial charge in [0.2, 0.25) is 0 Å². The molecule has 0 saturated carbocycles. The molecule has 0 aromatic heterocycles. The maximum absolute atomic E-state index is 11.6. The van der Waals surface area contributed by atoms with E-state index in [2.05, 4.69) is 5.16 Å². The van der Waals surface area contributed by atoms with Crippen molar-refractivity contribution in [2.24, 2.45) is 5.16 Å². The predicted octanol–water partition coefficient (Wildman–Crippen LogP) is 4.21. The van der Waals surface area contributed by atoms with E-state index >= 15 is 0 Å². The van der Waals surface area contributed by atoms with Crippen molar-refractivity contribution in [2.45, 2.75) is 15.3 Å². The zero-order valence-electron chi connectivity index (χ0n) is 9.56. The topological polar surface area (TPSA) is 41.9 Å². The van der Waals surface area contributed by atoms with Crippen LogP contribution in [0.4, 0.5) is 4.79 Å². The zero-order valence-corrected chi connectivity index (χ0v) is 14.3. The van der Waals surface area contributed by atoms with Gasteiger partial charge in [-0.15, -0.1) is 11.8 Å². The van der Waals surface area contributed by atoms with Crippen LogP contribution in [0, 0.1) is 0 Å².